The molecule has 3 atom stereocenters. The minimum atomic E-state index is -1.47. The Morgan fingerprint density at radius 2 is 1.92 bits per heavy atom. The van der Waals surface area contributed by atoms with E-state index in [1.807, 2.05) is 0 Å². The summed E-state index contributed by atoms with van der Waals surface area (Å²) >= 11 is 0. The van der Waals surface area contributed by atoms with Crippen LogP contribution in [0.1, 0.15) is 26.2 Å². The van der Waals surface area contributed by atoms with E-state index in [0.29, 0.717) is 19.4 Å². The number of carbonyl (C=O) groups excluding carboxylic acids is 4. The molecule has 1 fully saturated rings. The molecular formula is C14H23N5O6. The van der Waals surface area contributed by atoms with Crippen LogP contribution in [0.5, 0.6) is 0 Å². The van der Waals surface area contributed by atoms with Crippen molar-refractivity contribution in [2.75, 3.05) is 13.1 Å². The van der Waals surface area contributed by atoms with E-state index in [4.69, 9.17) is 16.6 Å². The molecule has 140 valence electrons. The summed E-state index contributed by atoms with van der Waals surface area (Å²) < 4.78 is 0. The van der Waals surface area contributed by atoms with Crippen LogP contribution in [0.25, 0.3) is 0 Å². The third-order valence-corrected chi connectivity index (χ3v) is 3.69. The van der Waals surface area contributed by atoms with Gasteiger partial charge in [0.15, 0.2) is 0 Å². The van der Waals surface area contributed by atoms with Crippen LogP contribution in [0.3, 0.4) is 0 Å². The summed E-state index contributed by atoms with van der Waals surface area (Å²) in [6.07, 6.45) is 0.530. The van der Waals surface area contributed by atoms with Gasteiger partial charge in [-0.05, 0) is 19.8 Å². The number of rotatable bonds is 8. The van der Waals surface area contributed by atoms with Gasteiger partial charge in [-0.1, -0.05) is 0 Å². The number of carboxylic acids is 1. The first kappa shape index (κ1) is 20.4. The fraction of sp³-hybridized carbons (Fsp3) is 0.643. The lowest BCUT2D eigenvalue weighted by molar-refractivity contribution is -0.143. The number of primary amides is 1. The van der Waals surface area contributed by atoms with Crippen LogP contribution in [0.2, 0.25) is 0 Å². The van der Waals surface area contributed by atoms with E-state index >= 15 is 0 Å². The monoisotopic (exact) mass is 357 g/mol. The third kappa shape index (κ3) is 6.03. The zero-order chi connectivity index (χ0) is 19.1. The largest absolute Gasteiger partial charge is 0.480 e. The van der Waals surface area contributed by atoms with Crippen LogP contribution in [0.15, 0.2) is 0 Å². The molecule has 1 heterocycles. The van der Waals surface area contributed by atoms with Crippen LogP contribution < -0.4 is 22.1 Å². The van der Waals surface area contributed by atoms with Crippen molar-refractivity contribution in [1.82, 2.24) is 15.5 Å². The average Bonchev–Trinajstić information content (AvgIpc) is 2.99. The van der Waals surface area contributed by atoms with Gasteiger partial charge in [-0.25, -0.2) is 4.79 Å². The number of hydrogen-bond acceptors (Lipinski definition) is 6. The second-order valence-corrected chi connectivity index (χ2v) is 5.82. The Labute approximate surface area is 144 Å². The van der Waals surface area contributed by atoms with Gasteiger partial charge < -0.3 is 32.1 Å². The summed E-state index contributed by atoms with van der Waals surface area (Å²) in [6, 6.07) is -2.92. The van der Waals surface area contributed by atoms with Crippen LogP contribution in [-0.2, 0) is 24.0 Å². The van der Waals surface area contributed by atoms with Gasteiger partial charge in [-0.3, -0.25) is 19.2 Å². The van der Waals surface area contributed by atoms with Gasteiger partial charge in [0.05, 0.1) is 19.0 Å². The first-order chi connectivity index (χ1) is 11.6. The Kier molecular flexibility index (Phi) is 7.30. The van der Waals surface area contributed by atoms with Crippen molar-refractivity contribution >= 4 is 29.6 Å². The van der Waals surface area contributed by atoms with Crippen molar-refractivity contribution in [1.29, 1.82) is 0 Å². The number of hydrogen-bond donors (Lipinski definition) is 5. The van der Waals surface area contributed by atoms with Crippen LogP contribution >= 0.6 is 0 Å². The number of carboxylic acid groups (broad SMARTS) is 1. The molecule has 7 N–H and O–H groups in total. The normalized spacial score (nSPS) is 19.0. The molecule has 0 aromatic rings. The average molecular weight is 357 g/mol. The van der Waals surface area contributed by atoms with E-state index in [0.717, 1.165) is 0 Å². The lowest BCUT2D eigenvalue weighted by Crippen LogP contribution is -2.52. The number of nitrogens with zero attached hydrogens (tertiary/aromatic N) is 1. The summed E-state index contributed by atoms with van der Waals surface area (Å²) in [5.41, 5.74) is 10.5. The maximum Gasteiger partial charge on any atom is 0.326 e. The molecule has 4 amide bonds. The molecule has 1 rings (SSSR count). The second-order valence-electron chi connectivity index (χ2n) is 5.82. The van der Waals surface area contributed by atoms with Crippen molar-refractivity contribution in [3.05, 3.63) is 0 Å². The first-order valence-corrected chi connectivity index (χ1v) is 7.77. The number of carbonyl (C=O) groups is 5. The number of nitrogens with two attached hydrogens (primary N) is 2. The van der Waals surface area contributed by atoms with Gasteiger partial charge in [0.1, 0.15) is 12.1 Å². The summed E-state index contributed by atoms with van der Waals surface area (Å²) in [7, 11) is 0. The zero-order valence-electron chi connectivity index (χ0n) is 13.9. The van der Waals surface area contributed by atoms with Gasteiger partial charge in [-0.15, -0.1) is 0 Å². The summed E-state index contributed by atoms with van der Waals surface area (Å²) in [5, 5.41) is 13.3. The fourth-order valence-electron chi connectivity index (χ4n) is 2.50. The highest BCUT2D eigenvalue weighted by atomic mass is 16.4. The number of nitrogens with one attached hydrogen (secondary N) is 2. The van der Waals surface area contributed by atoms with Crippen LogP contribution in [-0.4, -0.2) is 70.8 Å². The van der Waals surface area contributed by atoms with Crippen molar-refractivity contribution in [2.24, 2.45) is 11.5 Å². The Morgan fingerprint density at radius 3 is 2.44 bits per heavy atom. The summed E-state index contributed by atoms with van der Waals surface area (Å²) in [5.74, 6) is -3.96. The molecule has 0 unspecified atom stereocenters. The second kappa shape index (κ2) is 8.97. The van der Waals surface area contributed by atoms with E-state index in [9.17, 15) is 24.0 Å². The molecule has 1 aliphatic rings. The standard InChI is InChI=1S/C14H23N5O6/c1-7(15)13(23)19-4-2-3-9(19)12(22)17-6-11(21)18-8(14(24)25)5-10(16)20/h7-9H,2-6,15H2,1H3,(H2,16,20)(H,17,22)(H,18,21)(H,24,25)/t7-,8-,9-/m0/s1. The smallest absolute Gasteiger partial charge is 0.326 e. The fourth-order valence-corrected chi connectivity index (χ4v) is 2.50. The summed E-state index contributed by atoms with van der Waals surface area (Å²) in [6.45, 7) is 1.44. The molecule has 11 heteroatoms. The van der Waals surface area contributed by atoms with Gasteiger partial charge in [0.2, 0.25) is 23.6 Å². The lowest BCUT2D eigenvalue weighted by Gasteiger charge is -2.25. The quantitative estimate of drug-likeness (QED) is 0.304. The molecule has 0 aromatic heterocycles. The van der Waals surface area contributed by atoms with Gasteiger partial charge in [-0.2, -0.15) is 0 Å². The highest BCUT2D eigenvalue weighted by Crippen LogP contribution is 2.18. The number of aliphatic carboxylic acids is 1. The number of amides is 4. The van der Waals surface area contributed by atoms with Gasteiger partial charge in [0, 0.05) is 6.54 Å². The van der Waals surface area contributed by atoms with Gasteiger partial charge in [0.25, 0.3) is 0 Å². The van der Waals surface area contributed by atoms with Crippen molar-refractivity contribution in [3.8, 4) is 0 Å². The lowest BCUT2D eigenvalue weighted by atomic mass is 10.2. The van der Waals surface area contributed by atoms with E-state index in [2.05, 4.69) is 10.6 Å². The van der Waals surface area contributed by atoms with E-state index in [1.54, 1.807) is 0 Å². The van der Waals surface area contributed by atoms with Crippen molar-refractivity contribution in [3.63, 3.8) is 0 Å². The third-order valence-electron chi connectivity index (χ3n) is 3.69. The minimum absolute atomic E-state index is 0.352. The molecule has 0 saturated carbocycles. The molecule has 11 nitrogen and oxygen atoms in total. The Hall–Kier alpha value is -2.69. The van der Waals surface area contributed by atoms with E-state index in [1.165, 1.54) is 11.8 Å². The molecular weight excluding hydrogens is 334 g/mol. The maximum absolute atomic E-state index is 12.2. The molecule has 0 aromatic carbocycles. The highest BCUT2D eigenvalue weighted by molar-refractivity contribution is 5.93. The molecule has 0 radical (unpaired) electrons. The molecule has 0 bridgehead atoms. The Bertz CT molecular complexity index is 564. The van der Waals surface area contributed by atoms with E-state index in [-0.39, 0.29) is 5.91 Å². The predicted molar refractivity (Wildman–Crippen MR) is 84.8 cm³/mol. The maximum atomic E-state index is 12.2. The van der Waals surface area contributed by atoms with Crippen molar-refractivity contribution < 1.29 is 29.1 Å². The Morgan fingerprint density at radius 1 is 1.28 bits per heavy atom. The van der Waals surface area contributed by atoms with Crippen LogP contribution in [0, 0.1) is 0 Å². The zero-order valence-corrected chi connectivity index (χ0v) is 13.9. The molecule has 25 heavy (non-hydrogen) atoms. The summed E-state index contributed by atoms with van der Waals surface area (Å²) in [4.78, 5) is 58.9. The first-order valence-electron chi connectivity index (χ1n) is 7.77. The molecule has 1 aliphatic heterocycles. The Balaban J connectivity index is 2.54. The van der Waals surface area contributed by atoms with Crippen molar-refractivity contribution in [2.45, 2.75) is 44.3 Å². The minimum Gasteiger partial charge on any atom is -0.480 e. The molecule has 0 spiro atoms. The topological polar surface area (TPSA) is 185 Å². The number of likely N-dealkylation sites (tertiary alicyclic amines) is 1. The van der Waals surface area contributed by atoms with Crippen LogP contribution in [0.4, 0.5) is 0 Å². The highest BCUT2D eigenvalue weighted by Gasteiger charge is 2.35. The SMILES string of the molecule is C[C@H](N)C(=O)N1CCC[C@H]1C(=O)NCC(=O)N[C@@H](CC(N)=O)C(=O)O. The predicted octanol–water partition coefficient (Wildman–Crippen LogP) is -3.11. The van der Waals surface area contributed by atoms with E-state index < -0.39 is 54.8 Å². The molecule has 1 saturated heterocycles. The van der Waals surface area contributed by atoms with Gasteiger partial charge >= 0.3 is 5.97 Å². The molecule has 0 aliphatic carbocycles.